The summed E-state index contributed by atoms with van der Waals surface area (Å²) in [6.07, 6.45) is 1.89. The Hall–Kier alpha value is -0.900. The van der Waals surface area contributed by atoms with Crippen molar-refractivity contribution in [1.29, 1.82) is 0 Å². The van der Waals surface area contributed by atoms with Gasteiger partial charge in [0.25, 0.3) is 0 Å². The van der Waals surface area contributed by atoms with Crippen LogP contribution in [0.25, 0.3) is 0 Å². The number of aliphatic hydroxyl groups is 1. The average molecular weight is 224 g/mol. The van der Waals surface area contributed by atoms with Crippen LogP contribution in [0, 0.1) is 29.6 Å². The molecule has 4 heteroatoms. The molecule has 0 aliphatic heterocycles. The Morgan fingerprint density at radius 1 is 1.31 bits per heavy atom. The maximum atomic E-state index is 12.0. The second-order valence-corrected chi connectivity index (χ2v) is 5.39. The van der Waals surface area contributed by atoms with Crippen LogP contribution in [-0.4, -0.2) is 30.1 Å². The van der Waals surface area contributed by atoms with Gasteiger partial charge < -0.3 is 9.84 Å². The number of hydrogen-bond acceptors (Lipinski definition) is 4. The van der Waals surface area contributed by atoms with Crippen molar-refractivity contribution < 1.29 is 19.4 Å². The summed E-state index contributed by atoms with van der Waals surface area (Å²) in [4.78, 5) is 23.8. The minimum absolute atomic E-state index is 0.0927. The Kier molecular flexibility index (Phi) is 2.11. The molecule has 4 bridgehead atoms. The first kappa shape index (κ1) is 10.3. The molecule has 16 heavy (non-hydrogen) atoms. The first-order chi connectivity index (χ1) is 7.63. The van der Waals surface area contributed by atoms with Gasteiger partial charge in [0, 0.05) is 5.92 Å². The molecule has 0 radical (unpaired) electrons. The van der Waals surface area contributed by atoms with Crippen LogP contribution in [0.3, 0.4) is 0 Å². The fourth-order valence-electron chi connectivity index (χ4n) is 4.10. The quantitative estimate of drug-likeness (QED) is 0.654. The summed E-state index contributed by atoms with van der Waals surface area (Å²) in [5, 5.41) is 10.1. The van der Waals surface area contributed by atoms with E-state index in [0.717, 1.165) is 19.3 Å². The fourth-order valence-corrected chi connectivity index (χ4v) is 4.10. The molecule has 0 unspecified atom stereocenters. The van der Waals surface area contributed by atoms with Gasteiger partial charge in [0.2, 0.25) is 0 Å². The monoisotopic (exact) mass is 224 g/mol. The predicted molar refractivity (Wildman–Crippen MR) is 54.3 cm³/mol. The molecule has 0 amide bonds. The van der Waals surface area contributed by atoms with Crippen LogP contribution < -0.4 is 0 Å². The summed E-state index contributed by atoms with van der Waals surface area (Å²) < 4.78 is 4.77. The number of rotatable bonds is 1. The lowest BCUT2D eigenvalue weighted by atomic mass is 9.50. The number of hydrogen-bond donors (Lipinski definition) is 1. The largest absolute Gasteiger partial charge is 0.469 e. The van der Waals surface area contributed by atoms with Crippen LogP contribution in [0.4, 0.5) is 0 Å². The van der Waals surface area contributed by atoms with Crippen molar-refractivity contribution in [2.45, 2.75) is 25.4 Å². The lowest BCUT2D eigenvalue weighted by molar-refractivity contribution is -0.181. The van der Waals surface area contributed by atoms with Gasteiger partial charge in [0.15, 0.2) is 0 Å². The molecule has 4 rings (SSSR count). The predicted octanol–water partition coefficient (Wildman–Crippen LogP) is 0.381. The van der Waals surface area contributed by atoms with E-state index < -0.39 is 12.0 Å². The third kappa shape index (κ3) is 1.14. The van der Waals surface area contributed by atoms with Crippen LogP contribution in [0.1, 0.15) is 19.3 Å². The Morgan fingerprint density at radius 2 is 2.00 bits per heavy atom. The Balaban J connectivity index is 1.97. The molecule has 0 aromatic heterocycles. The minimum Gasteiger partial charge on any atom is -0.469 e. The van der Waals surface area contributed by atoms with Gasteiger partial charge in [0.1, 0.15) is 5.78 Å². The van der Waals surface area contributed by atoms with Gasteiger partial charge in [-0.15, -0.1) is 0 Å². The number of carbonyl (C=O) groups is 2. The van der Waals surface area contributed by atoms with E-state index in [9.17, 15) is 14.7 Å². The molecule has 4 fully saturated rings. The van der Waals surface area contributed by atoms with Crippen LogP contribution in [0.5, 0.6) is 0 Å². The van der Waals surface area contributed by atoms with Crippen molar-refractivity contribution in [2.75, 3.05) is 7.11 Å². The number of ether oxygens (including phenoxy) is 1. The molecule has 4 aliphatic rings. The van der Waals surface area contributed by atoms with E-state index in [0.29, 0.717) is 0 Å². The molecule has 1 N–H and O–H groups in total. The highest BCUT2D eigenvalue weighted by atomic mass is 16.5. The first-order valence-corrected chi connectivity index (χ1v) is 5.93. The van der Waals surface area contributed by atoms with E-state index in [4.69, 9.17) is 4.74 Å². The number of methoxy groups -OCH3 is 1. The summed E-state index contributed by atoms with van der Waals surface area (Å²) in [6.45, 7) is 0. The number of esters is 1. The van der Waals surface area contributed by atoms with Gasteiger partial charge in [-0.2, -0.15) is 0 Å². The molecule has 6 atom stereocenters. The highest BCUT2D eigenvalue weighted by Gasteiger charge is 2.60. The Bertz CT molecular complexity index is 351. The van der Waals surface area contributed by atoms with Gasteiger partial charge in [-0.05, 0) is 31.1 Å². The molecule has 0 aromatic rings. The highest BCUT2D eigenvalue weighted by molar-refractivity contribution is 5.91. The minimum atomic E-state index is -0.621. The average Bonchev–Trinajstić information content (AvgIpc) is 2.29. The van der Waals surface area contributed by atoms with Crippen LogP contribution in [0.15, 0.2) is 0 Å². The van der Waals surface area contributed by atoms with Crippen molar-refractivity contribution >= 4 is 11.8 Å². The molecule has 4 aliphatic carbocycles. The van der Waals surface area contributed by atoms with E-state index in [-0.39, 0.29) is 35.4 Å². The van der Waals surface area contributed by atoms with E-state index in [1.807, 2.05) is 0 Å². The van der Waals surface area contributed by atoms with Crippen LogP contribution in [-0.2, 0) is 14.3 Å². The molecule has 0 spiro atoms. The second kappa shape index (κ2) is 3.29. The lowest BCUT2D eigenvalue weighted by Crippen LogP contribution is -2.60. The number of aliphatic hydroxyl groups excluding tert-OH is 1. The van der Waals surface area contributed by atoms with E-state index in [2.05, 4.69) is 0 Å². The van der Waals surface area contributed by atoms with Crippen molar-refractivity contribution in [2.24, 2.45) is 29.6 Å². The van der Waals surface area contributed by atoms with Crippen molar-refractivity contribution in [3.8, 4) is 0 Å². The first-order valence-electron chi connectivity index (χ1n) is 5.93. The zero-order chi connectivity index (χ0) is 11.4. The van der Waals surface area contributed by atoms with Crippen molar-refractivity contribution in [3.05, 3.63) is 0 Å². The van der Waals surface area contributed by atoms with Gasteiger partial charge in [0.05, 0.1) is 25.0 Å². The molecule has 4 nitrogen and oxygen atoms in total. The summed E-state index contributed by atoms with van der Waals surface area (Å²) in [5.74, 6) is -0.520. The molecule has 4 saturated carbocycles. The van der Waals surface area contributed by atoms with E-state index in [1.54, 1.807) is 0 Å². The topological polar surface area (TPSA) is 63.6 Å². The number of carbonyl (C=O) groups excluding carboxylic acids is 2. The maximum absolute atomic E-state index is 12.0. The molecule has 0 heterocycles. The lowest BCUT2D eigenvalue weighted by Gasteiger charge is -2.54. The number of Topliss-reactive ketones (excluding diaryl/α,β-unsaturated/α-hetero) is 1. The zero-order valence-corrected chi connectivity index (χ0v) is 9.26. The molecular weight excluding hydrogens is 208 g/mol. The van der Waals surface area contributed by atoms with Gasteiger partial charge in [-0.1, -0.05) is 0 Å². The van der Waals surface area contributed by atoms with E-state index >= 15 is 0 Å². The maximum Gasteiger partial charge on any atom is 0.309 e. The summed E-state index contributed by atoms with van der Waals surface area (Å²) in [5.41, 5.74) is 0. The normalized spacial score (nSPS) is 49.5. The standard InChI is InChI=1S/C12H16O4/c1-16-12(15)8-5-2-6-4-7(3-5)11(14)9(8)10(6)13/h5-10,13H,2-4H2,1H3/t5-,6+,7-,8-,9+,10-/m1/s1. The van der Waals surface area contributed by atoms with Crippen LogP contribution >= 0.6 is 0 Å². The molecule has 0 aromatic carbocycles. The second-order valence-electron chi connectivity index (χ2n) is 5.39. The highest BCUT2D eigenvalue weighted by Crippen LogP contribution is 2.55. The summed E-state index contributed by atoms with van der Waals surface area (Å²) >= 11 is 0. The Labute approximate surface area is 94.0 Å². The zero-order valence-electron chi connectivity index (χ0n) is 9.26. The van der Waals surface area contributed by atoms with Gasteiger partial charge in [-0.3, -0.25) is 9.59 Å². The Morgan fingerprint density at radius 3 is 2.69 bits per heavy atom. The summed E-state index contributed by atoms with van der Waals surface area (Å²) in [6, 6.07) is 0. The van der Waals surface area contributed by atoms with Crippen molar-refractivity contribution in [3.63, 3.8) is 0 Å². The summed E-state index contributed by atoms with van der Waals surface area (Å²) in [7, 11) is 1.35. The molecule has 0 saturated heterocycles. The third-order valence-corrected chi connectivity index (χ3v) is 4.73. The number of ketones is 1. The SMILES string of the molecule is COC(=O)[C@@H]1[C@H]2C[C@@H]3C[C@H](C2)[C@@H](O)[C@H]1C3=O. The molecular formula is C12H16O4. The van der Waals surface area contributed by atoms with Crippen LogP contribution in [0.2, 0.25) is 0 Å². The van der Waals surface area contributed by atoms with Gasteiger partial charge >= 0.3 is 5.97 Å². The fraction of sp³-hybridized carbons (Fsp3) is 0.833. The van der Waals surface area contributed by atoms with E-state index in [1.165, 1.54) is 7.11 Å². The van der Waals surface area contributed by atoms with Crippen molar-refractivity contribution in [1.82, 2.24) is 0 Å². The van der Waals surface area contributed by atoms with Gasteiger partial charge in [-0.25, -0.2) is 0 Å². The molecule has 88 valence electrons. The third-order valence-electron chi connectivity index (χ3n) is 4.73. The smallest absolute Gasteiger partial charge is 0.309 e.